The molecule has 0 aliphatic rings. The number of tetrazole rings is 1. The van der Waals surface area contributed by atoms with E-state index < -0.39 is 5.97 Å². The molecule has 0 aliphatic heterocycles. The molecule has 0 spiro atoms. The molecule has 0 saturated heterocycles. The number of carbonyl (C=O) groups excluding carboxylic acids is 1. The third-order valence-electron chi connectivity index (χ3n) is 2.96. The minimum absolute atomic E-state index is 0.202. The Morgan fingerprint density at radius 3 is 2.47 bits per heavy atom. The van der Waals surface area contributed by atoms with Gasteiger partial charge in [-0.1, -0.05) is 45.4 Å². The number of hydrogen-bond acceptors (Lipinski definition) is 5. The lowest BCUT2D eigenvalue weighted by Crippen LogP contribution is -2.14. The van der Waals surface area contributed by atoms with Crippen LogP contribution in [0.2, 0.25) is 0 Å². The van der Waals surface area contributed by atoms with Crippen molar-refractivity contribution in [2.75, 3.05) is 6.61 Å². The van der Waals surface area contributed by atoms with Crippen molar-refractivity contribution < 1.29 is 9.53 Å². The first-order valence-corrected chi connectivity index (χ1v) is 7.22. The van der Waals surface area contributed by atoms with Crippen molar-refractivity contribution in [1.29, 1.82) is 0 Å². The van der Waals surface area contributed by atoms with Crippen molar-refractivity contribution in [1.82, 2.24) is 20.2 Å². The van der Waals surface area contributed by atoms with E-state index in [1.165, 1.54) is 36.8 Å². The second-order valence-corrected chi connectivity index (χ2v) is 4.57. The van der Waals surface area contributed by atoms with Crippen LogP contribution in [0.1, 0.15) is 69.4 Å². The topological polar surface area (TPSA) is 69.9 Å². The average molecular weight is 268 g/mol. The maximum absolute atomic E-state index is 11.5. The Morgan fingerprint density at radius 2 is 1.79 bits per heavy atom. The summed E-state index contributed by atoms with van der Waals surface area (Å²) in [6, 6.07) is 0. The molecule has 6 nitrogen and oxygen atoms in total. The first-order valence-electron chi connectivity index (χ1n) is 7.22. The van der Waals surface area contributed by atoms with Crippen LogP contribution in [0.15, 0.2) is 0 Å². The SMILES string of the molecule is CCCCCCCCCn1nnnc1C(=O)OCC. The van der Waals surface area contributed by atoms with Crippen molar-refractivity contribution in [3.8, 4) is 0 Å². The molecule has 1 heterocycles. The third kappa shape index (κ3) is 5.81. The van der Waals surface area contributed by atoms with Crippen LogP contribution < -0.4 is 0 Å². The van der Waals surface area contributed by atoms with Gasteiger partial charge in [-0.05, 0) is 23.8 Å². The van der Waals surface area contributed by atoms with Gasteiger partial charge in [-0.15, -0.1) is 5.10 Å². The Hall–Kier alpha value is -1.46. The lowest BCUT2D eigenvalue weighted by atomic mass is 10.1. The minimum Gasteiger partial charge on any atom is -0.460 e. The van der Waals surface area contributed by atoms with E-state index >= 15 is 0 Å². The number of aryl methyl sites for hydroxylation is 1. The van der Waals surface area contributed by atoms with E-state index in [-0.39, 0.29) is 5.82 Å². The molecule has 0 atom stereocenters. The van der Waals surface area contributed by atoms with Gasteiger partial charge in [-0.25, -0.2) is 9.48 Å². The zero-order chi connectivity index (χ0) is 13.9. The summed E-state index contributed by atoms with van der Waals surface area (Å²) in [6.07, 6.45) is 8.56. The van der Waals surface area contributed by atoms with E-state index in [1.54, 1.807) is 6.92 Å². The number of rotatable bonds is 10. The maximum Gasteiger partial charge on any atom is 0.378 e. The summed E-state index contributed by atoms with van der Waals surface area (Å²) in [4.78, 5) is 11.5. The molecule has 1 aromatic heterocycles. The number of unbranched alkanes of at least 4 members (excludes halogenated alkanes) is 6. The lowest BCUT2D eigenvalue weighted by molar-refractivity contribution is 0.0504. The van der Waals surface area contributed by atoms with Gasteiger partial charge in [0.15, 0.2) is 0 Å². The number of hydrogen-bond donors (Lipinski definition) is 0. The molecule has 1 aromatic rings. The van der Waals surface area contributed by atoms with Crippen LogP contribution in [0, 0.1) is 0 Å². The molecule has 108 valence electrons. The third-order valence-corrected chi connectivity index (χ3v) is 2.96. The predicted octanol–water partition coefficient (Wildman–Crippen LogP) is 2.60. The fourth-order valence-electron chi connectivity index (χ4n) is 1.92. The van der Waals surface area contributed by atoms with Gasteiger partial charge in [0.05, 0.1) is 6.61 Å². The quantitative estimate of drug-likeness (QED) is 0.482. The van der Waals surface area contributed by atoms with E-state index in [4.69, 9.17) is 4.74 Å². The minimum atomic E-state index is -0.449. The van der Waals surface area contributed by atoms with Crippen molar-refractivity contribution in [2.45, 2.75) is 65.3 Å². The molecule has 0 bridgehead atoms. The summed E-state index contributed by atoms with van der Waals surface area (Å²) in [5.41, 5.74) is 0. The Labute approximate surface area is 114 Å². The normalized spacial score (nSPS) is 10.6. The van der Waals surface area contributed by atoms with Crippen LogP contribution in [0.25, 0.3) is 0 Å². The fraction of sp³-hybridized carbons (Fsp3) is 0.846. The Balaban J connectivity index is 2.22. The van der Waals surface area contributed by atoms with E-state index in [0.29, 0.717) is 13.2 Å². The Bertz CT molecular complexity index is 365. The first kappa shape index (κ1) is 15.6. The Morgan fingerprint density at radius 1 is 1.11 bits per heavy atom. The number of aromatic nitrogens is 4. The molecule has 6 heteroatoms. The van der Waals surface area contributed by atoms with Gasteiger partial charge in [-0.3, -0.25) is 0 Å². The highest BCUT2D eigenvalue weighted by molar-refractivity contribution is 5.85. The van der Waals surface area contributed by atoms with Crippen LogP contribution in [-0.4, -0.2) is 32.8 Å². The number of carbonyl (C=O) groups is 1. The molecular weight excluding hydrogens is 244 g/mol. The van der Waals surface area contributed by atoms with Crippen LogP contribution >= 0.6 is 0 Å². The zero-order valence-electron chi connectivity index (χ0n) is 12.0. The highest BCUT2D eigenvalue weighted by Crippen LogP contribution is 2.08. The molecule has 0 aliphatic carbocycles. The monoisotopic (exact) mass is 268 g/mol. The summed E-state index contributed by atoms with van der Waals surface area (Å²) in [5, 5.41) is 11.0. The van der Waals surface area contributed by atoms with Gasteiger partial charge in [0.1, 0.15) is 0 Å². The summed E-state index contributed by atoms with van der Waals surface area (Å²) in [5.74, 6) is -0.247. The molecule has 0 amide bonds. The maximum atomic E-state index is 11.5. The van der Waals surface area contributed by atoms with Crippen molar-refractivity contribution in [3.05, 3.63) is 5.82 Å². The van der Waals surface area contributed by atoms with Crippen LogP contribution in [0.3, 0.4) is 0 Å². The van der Waals surface area contributed by atoms with Gasteiger partial charge < -0.3 is 4.74 Å². The number of nitrogens with zero attached hydrogens (tertiary/aromatic N) is 4. The molecular formula is C13H24N4O2. The predicted molar refractivity (Wildman–Crippen MR) is 71.8 cm³/mol. The summed E-state index contributed by atoms with van der Waals surface area (Å²) >= 11 is 0. The molecule has 0 saturated carbocycles. The fourth-order valence-corrected chi connectivity index (χ4v) is 1.92. The molecule has 0 radical (unpaired) electrons. The summed E-state index contributed by atoms with van der Waals surface area (Å²) < 4.78 is 6.43. The van der Waals surface area contributed by atoms with Crippen LogP contribution in [0.5, 0.6) is 0 Å². The highest BCUT2D eigenvalue weighted by atomic mass is 16.5. The van der Waals surface area contributed by atoms with E-state index in [0.717, 1.165) is 12.8 Å². The summed E-state index contributed by atoms with van der Waals surface area (Å²) in [7, 11) is 0. The van der Waals surface area contributed by atoms with Crippen LogP contribution in [-0.2, 0) is 11.3 Å². The Kier molecular flexibility index (Phi) is 7.77. The molecule has 0 unspecified atom stereocenters. The van der Waals surface area contributed by atoms with Gasteiger partial charge in [0.25, 0.3) is 5.82 Å². The summed E-state index contributed by atoms with van der Waals surface area (Å²) in [6.45, 7) is 5.00. The first-order chi connectivity index (χ1) is 9.29. The standard InChI is InChI=1S/C13H24N4O2/c1-3-5-6-7-8-9-10-11-17-12(14-15-16-17)13(18)19-4-2/h3-11H2,1-2H3. The molecule has 0 N–H and O–H groups in total. The highest BCUT2D eigenvalue weighted by Gasteiger charge is 2.15. The number of ether oxygens (including phenoxy) is 1. The van der Waals surface area contributed by atoms with Gasteiger partial charge in [0.2, 0.25) is 0 Å². The second kappa shape index (κ2) is 9.47. The van der Waals surface area contributed by atoms with Gasteiger partial charge in [0, 0.05) is 6.54 Å². The molecule has 0 aromatic carbocycles. The van der Waals surface area contributed by atoms with Gasteiger partial charge >= 0.3 is 5.97 Å². The molecule has 0 fully saturated rings. The zero-order valence-corrected chi connectivity index (χ0v) is 12.0. The van der Waals surface area contributed by atoms with Crippen molar-refractivity contribution in [3.63, 3.8) is 0 Å². The van der Waals surface area contributed by atoms with E-state index in [9.17, 15) is 4.79 Å². The smallest absolute Gasteiger partial charge is 0.378 e. The van der Waals surface area contributed by atoms with E-state index in [1.807, 2.05) is 0 Å². The van der Waals surface area contributed by atoms with Gasteiger partial charge in [-0.2, -0.15) is 0 Å². The van der Waals surface area contributed by atoms with Crippen LogP contribution in [0.4, 0.5) is 0 Å². The van der Waals surface area contributed by atoms with Crippen molar-refractivity contribution in [2.24, 2.45) is 0 Å². The molecule has 1 rings (SSSR count). The van der Waals surface area contributed by atoms with E-state index in [2.05, 4.69) is 22.4 Å². The second-order valence-electron chi connectivity index (χ2n) is 4.57. The lowest BCUT2D eigenvalue weighted by Gasteiger charge is -2.04. The largest absolute Gasteiger partial charge is 0.460 e. The average Bonchev–Trinajstić information content (AvgIpc) is 2.86. The van der Waals surface area contributed by atoms with Crippen molar-refractivity contribution >= 4 is 5.97 Å². The molecule has 19 heavy (non-hydrogen) atoms. The number of esters is 1.